The lowest BCUT2D eigenvalue weighted by molar-refractivity contribution is -0.123. The Morgan fingerprint density at radius 3 is 2.45 bits per heavy atom. The normalized spacial score (nSPS) is 11.1. The maximum absolute atomic E-state index is 12.2. The first-order valence-electron chi connectivity index (χ1n) is 8.66. The topological polar surface area (TPSA) is 103 Å². The molecule has 0 aliphatic heterocycles. The molecule has 0 bridgehead atoms. The molecule has 0 aromatic heterocycles. The number of ether oxygens (including phenoxy) is 3. The van der Waals surface area contributed by atoms with E-state index < -0.39 is 10.0 Å². The summed E-state index contributed by atoms with van der Waals surface area (Å²) >= 11 is 6.10. The monoisotopic (exact) mass is 442 g/mol. The van der Waals surface area contributed by atoms with E-state index in [2.05, 4.69) is 10.0 Å². The number of sulfonamides is 1. The maximum Gasteiger partial charge on any atom is 0.258 e. The molecular formula is C19H23ClN2O6S. The van der Waals surface area contributed by atoms with Gasteiger partial charge in [0.15, 0.2) is 6.61 Å². The van der Waals surface area contributed by atoms with Gasteiger partial charge in [-0.25, -0.2) is 13.1 Å². The van der Waals surface area contributed by atoms with Crippen LogP contribution in [0.1, 0.15) is 5.56 Å². The molecule has 0 aliphatic rings. The third-order valence-electron chi connectivity index (χ3n) is 3.82. The molecule has 29 heavy (non-hydrogen) atoms. The molecule has 2 aromatic carbocycles. The van der Waals surface area contributed by atoms with E-state index in [1.54, 1.807) is 19.2 Å². The van der Waals surface area contributed by atoms with Crippen molar-refractivity contribution in [2.75, 3.05) is 34.0 Å². The van der Waals surface area contributed by atoms with Crippen molar-refractivity contribution in [3.8, 4) is 11.5 Å². The van der Waals surface area contributed by atoms with Crippen LogP contribution in [0.2, 0.25) is 5.02 Å². The number of rotatable bonds is 11. The molecule has 0 aliphatic carbocycles. The highest BCUT2D eigenvalue weighted by Crippen LogP contribution is 2.27. The highest BCUT2D eigenvalue weighted by Gasteiger charge is 2.16. The predicted molar refractivity (Wildman–Crippen MR) is 109 cm³/mol. The molecule has 2 rings (SSSR count). The van der Waals surface area contributed by atoms with E-state index in [0.29, 0.717) is 6.54 Å². The Kier molecular flexibility index (Phi) is 8.71. The second kappa shape index (κ2) is 11.0. The molecule has 158 valence electrons. The zero-order valence-electron chi connectivity index (χ0n) is 16.1. The lowest BCUT2D eigenvalue weighted by Crippen LogP contribution is -2.28. The van der Waals surface area contributed by atoms with Crippen molar-refractivity contribution in [1.82, 2.24) is 10.0 Å². The van der Waals surface area contributed by atoms with E-state index in [-0.39, 0.29) is 41.3 Å². The van der Waals surface area contributed by atoms with Gasteiger partial charge in [-0.05, 0) is 35.9 Å². The maximum atomic E-state index is 12.2. The van der Waals surface area contributed by atoms with Crippen LogP contribution >= 0.6 is 11.6 Å². The largest absolute Gasteiger partial charge is 0.497 e. The van der Waals surface area contributed by atoms with Crippen molar-refractivity contribution in [1.29, 1.82) is 0 Å². The first-order chi connectivity index (χ1) is 13.9. The van der Waals surface area contributed by atoms with Crippen LogP contribution in [0, 0.1) is 0 Å². The van der Waals surface area contributed by atoms with Crippen molar-refractivity contribution in [2.24, 2.45) is 0 Å². The van der Waals surface area contributed by atoms with Crippen molar-refractivity contribution in [3.63, 3.8) is 0 Å². The van der Waals surface area contributed by atoms with Crippen molar-refractivity contribution >= 4 is 27.5 Å². The number of amides is 1. The smallest absolute Gasteiger partial charge is 0.258 e. The van der Waals surface area contributed by atoms with Gasteiger partial charge in [-0.2, -0.15) is 0 Å². The average Bonchev–Trinajstić information content (AvgIpc) is 2.71. The molecule has 2 aromatic rings. The molecule has 0 radical (unpaired) electrons. The van der Waals surface area contributed by atoms with Crippen LogP contribution in [0.5, 0.6) is 11.5 Å². The summed E-state index contributed by atoms with van der Waals surface area (Å²) < 4.78 is 42.0. The molecular weight excluding hydrogens is 420 g/mol. The molecule has 0 saturated heterocycles. The number of methoxy groups -OCH3 is 2. The molecule has 1 amide bonds. The SMILES string of the molecule is COCCNS(=O)(=O)c1ccc(OCC(=O)NCc2ccc(OC)cc2)c(Cl)c1. The Morgan fingerprint density at radius 2 is 1.83 bits per heavy atom. The fourth-order valence-corrected chi connectivity index (χ4v) is 3.60. The quantitative estimate of drug-likeness (QED) is 0.516. The molecule has 0 heterocycles. The first kappa shape index (κ1) is 23.0. The van der Waals surface area contributed by atoms with Gasteiger partial charge in [-0.3, -0.25) is 4.79 Å². The number of carbonyl (C=O) groups is 1. The number of halogens is 1. The number of hydrogen-bond acceptors (Lipinski definition) is 6. The summed E-state index contributed by atoms with van der Waals surface area (Å²) in [5.74, 6) is 0.606. The summed E-state index contributed by atoms with van der Waals surface area (Å²) in [7, 11) is -0.646. The lowest BCUT2D eigenvalue weighted by Gasteiger charge is -2.11. The van der Waals surface area contributed by atoms with Crippen LogP contribution in [0.25, 0.3) is 0 Å². The molecule has 0 saturated carbocycles. The van der Waals surface area contributed by atoms with Crippen LogP contribution in [-0.2, 0) is 26.1 Å². The minimum Gasteiger partial charge on any atom is -0.497 e. The van der Waals surface area contributed by atoms with Gasteiger partial charge in [0.25, 0.3) is 5.91 Å². The Hall–Kier alpha value is -2.33. The van der Waals surface area contributed by atoms with E-state index >= 15 is 0 Å². The van der Waals surface area contributed by atoms with E-state index in [9.17, 15) is 13.2 Å². The summed E-state index contributed by atoms with van der Waals surface area (Å²) in [6.07, 6.45) is 0. The lowest BCUT2D eigenvalue weighted by atomic mass is 10.2. The van der Waals surface area contributed by atoms with Crippen molar-refractivity contribution in [3.05, 3.63) is 53.1 Å². The predicted octanol–water partition coefficient (Wildman–Crippen LogP) is 1.97. The summed E-state index contributed by atoms with van der Waals surface area (Å²) in [5.41, 5.74) is 0.910. The van der Waals surface area contributed by atoms with Gasteiger partial charge in [0, 0.05) is 20.2 Å². The molecule has 0 fully saturated rings. The Labute approximate surface area is 175 Å². The molecule has 8 nitrogen and oxygen atoms in total. The van der Waals surface area contributed by atoms with E-state index in [1.807, 2.05) is 12.1 Å². The van der Waals surface area contributed by atoms with Crippen molar-refractivity contribution in [2.45, 2.75) is 11.4 Å². The van der Waals surface area contributed by atoms with Gasteiger partial charge >= 0.3 is 0 Å². The second-order valence-corrected chi connectivity index (χ2v) is 8.07. The van der Waals surface area contributed by atoms with Crippen LogP contribution in [-0.4, -0.2) is 48.3 Å². The number of nitrogens with one attached hydrogen (secondary N) is 2. The number of benzene rings is 2. The van der Waals surface area contributed by atoms with E-state index in [0.717, 1.165) is 11.3 Å². The van der Waals surface area contributed by atoms with E-state index in [4.69, 9.17) is 25.8 Å². The van der Waals surface area contributed by atoms with Crippen LogP contribution < -0.4 is 19.5 Å². The molecule has 0 atom stereocenters. The van der Waals surface area contributed by atoms with Crippen LogP contribution in [0.15, 0.2) is 47.4 Å². The summed E-state index contributed by atoms with van der Waals surface area (Å²) in [5, 5.41) is 2.81. The van der Waals surface area contributed by atoms with Gasteiger partial charge in [0.2, 0.25) is 10.0 Å². The minimum atomic E-state index is -3.71. The first-order valence-corrected chi connectivity index (χ1v) is 10.5. The van der Waals surface area contributed by atoms with Gasteiger partial charge in [0.05, 0.1) is 23.6 Å². The third-order valence-corrected chi connectivity index (χ3v) is 5.57. The molecule has 10 heteroatoms. The van der Waals surface area contributed by atoms with Crippen LogP contribution in [0.3, 0.4) is 0 Å². The number of hydrogen-bond donors (Lipinski definition) is 2. The average molecular weight is 443 g/mol. The fourth-order valence-electron chi connectivity index (χ4n) is 2.27. The molecule has 2 N–H and O–H groups in total. The van der Waals surface area contributed by atoms with Gasteiger partial charge in [0.1, 0.15) is 11.5 Å². The second-order valence-electron chi connectivity index (χ2n) is 5.90. The van der Waals surface area contributed by atoms with Crippen molar-refractivity contribution < 1.29 is 27.4 Å². The highest BCUT2D eigenvalue weighted by molar-refractivity contribution is 7.89. The summed E-state index contributed by atoms with van der Waals surface area (Å²) in [6, 6.07) is 11.3. The zero-order chi connectivity index (χ0) is 21.3. The third kappa shape index (κ3) is 7.21. The minimum absolute atomic E-state index is 0.00471. The van der Waals surface area contributed by atoms with Gasteiger partial charge < -0.3 is 19.5 Å². The fraction of sp³-hybridized carbons (Fsp3) is 0.316. The zero-order valence-corrected chi connectivity index (χ0v) is 17.7. The Morgan fingerprint density at radius 1 is 1.10 bits per heavy atom. The number of carbonyl (C=O) groups excluding carboxylic acids is 1. The van der Waals surface area contributed by atoms with E-state index in [1.165, 1.54) is 25.3 Å². The van der Waals surface area contributed by atoms with Gasteiger partial charge in [-0.15, -0.1) is 0 Å². The standard InChI is InChI=1S/C19H23ClN2O6S/c1-26-10-9-22-29(24,25)16-7-8-18(17(20)11-16)28-13-19(23)21-12-14-3-5-15(27-2)6-4-14/h3-8,11,22H,9-10,12-13H2,1-2H3,(H,21,23). The Bertz CT molecular complexity index is 919. The molecule has 0 unspecified atom stereocenters. The Balaban J connectivity index is 1.87. The summed E-state index contributed by atoms with van der Waals surface area (Å²) in [6.45, 7) is 0.473. The highest BCUT2D eigenvalue weighted by atomic mass is 35.5. The summed E-state index contributed by atoms with van der Waals surface area (Å²) in [4.78, 5) is 12.0. The van der Waals surface area contributed by atoms with Crippen LogP contribution in [0.4, 0.5) is 0 Å². The van der Waals surface area contributed by atoms with Gasteiger partial charge in [-0.1, -0.05) is 23.7 Å². The molecule has 0 spiro atoms.